The highest BCUT2D eigenvalue weighted by atomic mass is 16.8. The Morgan fingerprint density at radius 1 is 0.632 bits per heavy atom. The number of ketones is 1. The van der Waals surface area contributed by atoms with Gasteiger partial charge in [0, 0.05) is 52.6 Å². The molecule has 4 aliphatic carbocycles. The highest BCUT2D eigenvalue weighted by Crippen LogP contribution is 2.71. The monoisotopic (exact) mass is 1250 g/mol. The van der Waals surface area contributed by atoms with E-state index in [1.54, 1.807) is 28.1 Å². The number of ether oxygens (including phenoxy) is 14. The van der Waals surface area contributed by atoms with E-state index in [1.807, 2.05) is 40.7 Å². The number of fused-ring (bicyclic) bond motifs is 5. The van der Waals surface area contributed by atoms with Crippen LogP contribution in [-0.2, 0) is 75.9 Å². The van der Waals surface area contributed by atoms with Gasteiger partial charge >= 0.3 is 5.97 Å². The lowest BCUT2D eigenvalue weighted by Gasteiger charge is -2.67. The van der Waals surface area contributed by atoms with E-state index in [9.17, 15) is 60.7 Å². The van der Waals surface area contributed by atoms with E-state index in [4.69, 9.17) is 66.3 Å². The number of hydrogen-bond donors (Lipinski definition) is 10. The number of aliphatic hydroxyl groups excluding tert-OH is 7. The van der Waals surface area contributed by atoms with Crippen LogP contribution in [0.5, 0.6) is 0 Å². The zero-order valence-corrected chi connectivity index (χ0v) is 52.2. The third kappa shape index (κ3) is 12.5. The number of carbonyl (C=O) groups is 2. The van der Waals surface area contributed by atoms with Crippen molar-refractivity contribution in [2.45, 2.75) is 291 Å². The fourth-order valence-corrected chi connectivity index (χ4v) is 15.9. The molecule has 0 aromatic carbocycles. The molecule has 26 nitrogen and oxygen atoms in total. The quantitative estimate of drug-likeness (QED) is 0.0470. The molecule has 9 aliphatic rings. The molecular formula is C61H98O26. The second-order valence-electron chi connectivity index (χ2n) is 26.7. The Balaban J connectivity index is 0.784. The standard InChI is InChI=1S/C61H98O26/c1-27(2)28(3)19-42(65)83-41-24-40-57(8)15-14-34(20-33(57)13-16-60(40,72)61(73)18-17-59(71,32(7)64)58(41,61)9)80-43-21-35(74-10)51(29(4)77-43)84-44-22-36(75-11)52(30(5)78-44)85-45-23-37(76-12)53(31(6)79-45)86-56-50(70)48(68)54(39(26-63)82-56)87-55-49(69)47(67)46(66)38(25-62)81-55/h13,19,27,29-31,34-41,43-56,62-63,66-73H,14-18,20-26H2,1-12H3/b28-19+/t29-,30-,31-,34+,35+,36-,37+,38-,39-,40-,41-,43+,44+,45+,46-,47+,48-,49-,50-,51-,52-,53-,54-,55+,56+,57+,58-,59-,60+,61-/m1/s1. The van der Waals surface area contributed by atoms with E-state index >= 15 is 0 Å². The predicted octanol–water partition coefficient (Wildman–Crippen LogP) is 0.238. The normalized spacial score (nSPS) is 50.4. The molecule has 0 unspecified atom stereocenters. The number of esters is 1. The van der Waals surface area contributed by atoms with Gasteiger partial charge in [-0.15, -0.1) is 0 Å². The van der Waals surface area contributed by atoms with Crippen LogP contribution < -0.4 is 0 Å². The smallest absolute Gasteiger partial charge is 0.330 e. The minimum absolute atomic E-state index is 0.0622. The Morgan fingerprint density at radius 3 is 1.63 bits per heavy atom. The van der Waals surface area contributed by atoms with Gasteiger partial charge in [-0.3, -0.25) is 4.79 Å². The van der Waals surface area contributed by atoms with Crippen LogP contribution in [0.2, 0.25) is 0 Å². The summed E-state index contributed by atoms with van der Waals surface area (Å²) in [5.74, 6) is -1.72. The number of allylic oxidation sites excluding steroid dienone is 1. The summed E-state index contributed by atoms with van der Waals surface area (Å²) >= 11 is 0. The van der Waals surface area contributed by atoms with E-state index in [-0.39, 0.29) is 50.5 Å². The predicted molar refractivity (Wildman–Crippen MR) is 299 cm³/mol. The average molecular weight is 1250 g/mol. The van der Waals surface area contributed by atoms with Gasteiger partial charge in [-0.2, -0.15) is 0 Å². The summed E-state index contributed by atoms with van der Waals surface area (Å²) in [5.41, 5.74) is -6.33. The van der Waals surface area contributed by atoms with Gasteiger partial charge in [0.1, 0.15) is 90.1 Å². The van der Waals surface area contributed by atoms with E-state index in [2.05, 4.69) is 6.92 Å². The van der Waals surface area contributed by atoms with E-state index < -0.39 is 200 Å². The van der Waals surface area contributed by atoms with Gasteiger partial charge in [0.15, 0.2) is 37.2 Å². The molecule has 0 amide bonds. The maximum atomic E-state index is 13.6. The fourth-order valence-electron chi connectivity index (χ4n) is 15.9. The molecule has 10 N–H and O–H groups in total. The second-order valence-corrected chi connectivity index (χ2v) is 26.7. The Kier molecular flexibility index (Phi) is 21.4. The first-order valence-electron chi connectivity index (χ1n) is 31.0. The van der Waals surface area contributed by atoms with Crippen LogP contribution in [0.4, 0.5) is 0 Å². The van der Waals surface area contributed by atoms with E-state index in [1.165, 1.54) is 20.1 Å². The molecule has 8 fully saturated rings. The Morgan fingerprint density at radius 2 is 1.13 bits per heavy atom. The molecule has 0 bridgehead atoms. The Bertz CT molecular complexity index is 2430. The molecule has 9 rings (SSSR count). The summed E-state index contributed by atoms with van der Waals surface area (Å²) in [6.07, 6.45) is -19.8. The van der Waals surface area contributed by atoms with Crippen molar-refractivity contribution in [3.63, 3.8) is 0 Å². The third-order valence-electron chi connectivity index (χ3n) is 21.6. The molecule has 0 aromatic heterocycles. The zero-order valence-electron chi connectivity index (χ0n) is 52.2. The van der Waals surface area contributed by atoms with Crippen molar-refractivity contribution < 1.29 is 127 Å². The first-order chi connectivity index (χ1) is 41.0. The van der Waals surface area contributed by atoms with Crippen molar-refractivity contribution in [1.29, 1.82) is 0 Å². The first-order valence-corrected chi connectivity index (χ1v) is 31.0. The number of carbonyl (C=O) groups excluding carboxylic acids is 2. The molecular weight excluding hydrogens is 1150 g/mol. The average Bonchev–Trinajstić information content (AvgIpc) is 1.61. The molecule has 5 heterocycles. The lowest BCUT2D eigenvalue weighted by molar-refractivity contribution is -0.376. The van der Waals surface area contributed by atoms with Crippen molar-refractivity contribution >= 4 is 11.8 Å². The number of Topliss-reactive ketones (excluding diaryl/α,β-unsaturated/α-hetero) is 1. The molecule has 0 aromatic rings. The SMILES string of the molecule is CO[C@H]1C[C@H](O[C@H]2CC[C@@]3(C)C(=CC[C@]4(O)[C@@H]3C[C@@H](OC(=O)/C=C(\C)C(C)C)[C@@]3(C)[C@]4(O)CC[C@@]3(O)C(C)=O)C2)O[C@H](C)[C@H]1O[C@H]1C[C@@H](OC)[C@H](O[C@H]2C[C@H](OC)[C@H](O[C@@H]3O[C@H](CO)[C@@H](O[C@@H]4O[C@H](CO)[C@@H](O)[C@H](O)[C@H]4O)[C@H](O)[C@H]3O)[C@@H](C)O2)[C@@H](C)O1. The largest absolute Gasteiger partial charge is 0.458 e. The van der Waals surface area contributed by atoms with E-state index in [0.717, 1.165) is 11.1 Å². The number of hydrogen-bond acceptors (Lipinski definition) is 26. The van der Waals surface area contributed by atoms with Gasteiger partial charge in [0.05, 0.1) is 61.4 Å². The maximum absolute atomic E-state index is 13.6. The summed E-state index contributed by atoms with van der Waals surface area (Å²) in [6.45, 7) is 14.6. The summed E-state index contributed by atoms with van der Waals surface area (Å²) in [6, 6.07) is 0. The van der Waals surface area contributed by atoms with Crippen molar-refractivity contribution in [2.24, 2.45) is 22.7 Å². The van der Waals surface area contributed by atoms with Crippen LogP contribution in [0.15, 0.2) is 23.3 Å². The highest BCUT2D eigenvalue weighted by Gasteiger charge is 2.81. The van der Waals surface area contributed by atoms with Gasteiger partial charge in [0.2, 0.25) is 0 Å². The molecule has 30 atom stereocenters. The minimum Gasteiger partial charge on any atom is -0.458 e. The second kappa shape index (κ2) is 27.0. The van der Waals surface area contributed by atoms with Crippen molar-refractivity contribution in [2.75, 3.05) is 34.5 Å². The molecule has 5 saturated heterocycles. The van der Waals surface area contributed by atoms with Gasteiger partial charge < -0.3 is 117 Å². The van der Waals surface area contributed by atoms with Crippen molar-refractivity contribution in [3.8, 4) is 0 Å². The molecule has 498 valence electrons. The zero-order chi connectivity index (χ0) is 63.6. The van der Waals surface area contributed by atoms with Gasteiger partial charge in [-0.1, -0.05) is 38.0 Å². The van der Waals surface area contributed by atoms with Crippen molar-refractivity contribution in [1.82, 2.24) is 0 Å². The summed E-state index contributed by atoms with van der Waals surface area (Å²) < 4.78 is 86.7. The van der Waals surface area contributed by atoms with Gasteiger partial charge in [-0.05, 0) is 97.8 Å². The van der Waals surface area contributed by atoms with Crippen LogP contribution >= 0.6 is 0 Å². The lowest BCUT2D eigenvalue weighted by Crippen LogP contribution is -2.78. The lowest BCUT2D eigenvalue weighted by atomic mass is 9.42. The Labute approximate surface area is 508 Å². The van der Waals surface area contributed by atoms with Crippen LogP contribution in [-0.4, -0.2) is 262 Å². The fraction of sp³-hybridized carbons (Fsp3) is 0.902. The Hall–Kier alpha value is -2.30. The molecule has 26 heteroatoms. The van der Waals surface area contributed by atoms with Crippen LogP contribution in [0.1, 0.15) is 127 Å². The van der Waals surface area contributed by atoms with Gasteiger partial charge in [-0.25, -0.2) is 4.79 Å². The first kappa shape index (κ1) is 69.1. The molecule has 0 radical (unpaired) electrons. The maximum Gasteiger partial charge on any atom is 0.330 e. The van der Waals surface area contributed by atoms with E-state index in [0.29, 0.717) is 25.7 Å². The molecule has 3 saturated carbocycles. The number of aliphatic hydroxyl groups is 10. The van der Waals surface area contributed by atoms with Gasteiger partial charge in [0.25, 0.3) is 0 Å². The molecule has 5 aliphatic heterocycles. The van der Waals surface area contributed by atoms with Crippen LogP contribution in [0, 0.1) is 22.7 Å². The number of rotatable bonds is 19. The topological polar surface area (TPSA) is 366 Å². The minimum atomic E-state index is -2.05. The summed E-state index contributed by atoms with van der Waals surface area (Å²) in [4.78, 5) is 26.9. The van der Waals surface area contributed by atoms with Crippen LogP contribution in [0.25, 0.3) is 0 Å². The molecule has 0 spiro atoms. The third-order valence-corrected chi connectivity index (χ3v) is 21.6. The summed E-state index contributed by atoms with van der Waals surface area (Å²) in [7, 11) is 4.64. The van der Waals surface area contributed by atoms with Crippen LogP contribution in [0.3, 0.4) is 0 Å². The number of methoxy groups -OCH3 is 3. The summed E-state index contributed by atoms with van der Waals surface area (Å²) in [5, 5.41) is 111. The highest BCUT2D eigenvalue weighted by molar-refractivity contribution is 5.87. The molecule has 87 heavy (non-hydrogen) atoms. The van der Waals surface area contributed by atoms with Crippen molar-refractivity contribution in [3.05, 3.63) is 23.3 Å².